The quantitative estimate of drug-likeness (QED) is 0.748. The van der Waals surface area contributed by atoms with Crippen molar-refractivity contribution in [3.8, 4) is 0 Å². The van der Waals surface area contributed by atoms with Gasteiger partial charge in [0, 0.05) is 19.5 Å². The van der Waals surface area contributed by atoms with Gasteiger partial charge in [0.05, 0.1) is 10.7 Å². The lowest BCUT2D eigenvalue weighted by Gasteiger charge is -2.16. The van der Waals surface area contributed by atoms with Crippen LogP contribution in [0.4, 0.5) is 10.1 Å². The van der Waals surface area contributed by atoms with Gasteiger partial charge in [-0.1, -0.05) is 17.7 Å². The molecule has 90 valence electrons. The molecule has 0 atom stereocenters. The second kappa shape index (κ2) is 5.32. The van der Waals surface area contributed by atoms with Crippen molar-refractivity contribution < 1.29 is 4.39 Å². The highest BCUT2D eigenvalue weighted by molar-refractivity contribution is 6.31. The first-order chi connectivity index (χ1) is 8.20. The number of benzene rings is 1. The Morgan fingerprint density at radius 2 is 2.35 bits per heavy atom. The van der Waals surface area contributed by atoms with E-state index < -0.39 is 5.82 Å². The smallest absolute Gasteiger partial charge is 0.141 e. The Morgan fingerprint density at radius 1 is 1.53 bits per heavy atom. The molecule has 1 aliphatic rings. The molecule has 0 N–H and O–H groups in total. The molecule has 0 spiro atoms. The van der Waals surface area contributed by atoms with Crippen molar-refractivity contribution in [1.82, 2.24) is 4.90 Å². The summed E-state index contributed by atoms with van der Waals surface area (Å²) in [6.07, 6.45) is 3.91. The average Bonchev–Trinajstić information content (AvgIpc) is 2.72. The Balaban J connectivity index is 2.22. The summed E-state index contributed by atoms with van der Waals surface area (Å²) < 4.78 is 13.0. The second-order valence-corrected chi connectivity index (χ2v) is 4.37. The maximum atomic E-state index is 13.0. The summed E-state index contributed by atoms with van der Waals surface area (Å²) in [4.78, 5) is 6.67. The molecule has 0 aliphatic carbocycles. The van der Waals surface area contributed by atoms with E-state index in [1.807, 2.05) is 6.08 Å². The van der Waals surface area contributed by atoms with Gasteiger partial charge in [0.15, 0.2) is 0 Å². The van der Waals surface area contributed by atoms with Gasteiger partial charge in [0.1, 0.15) is 11.7 Å². The van der Waals surface area contributed by atoms with Gasteiger partial charge in [-0.2, -0.15) is 0 Å². The van der Waals surface area contributed by atoms with Gasteiger partial charge < -0.3 is 4.90 Å². The summed E-state index contributed by atoms with van der Waals surface area (Å²) in [7, 11) is 0. The number of rotatable bonds is 3. The zero-order valence-corrected chi connectivity index (χ0v) is 10.3. The molecule has 1 saturated heterocycles. The lowest BCUT2D eigenvalue weighted by atomic mass is 10.3. The molecule has 2 nitrogen and oxygen atoms in total. The summed E-state index contributed by atoms with van der Waals surface area (Å²) in [5, 5.41) is 0.111. The molecule has 1 heterocycles. The first kappa shape index (κ1) is 12.1. The van der Waals surface area contributed by atoms with Crippen LogP contribution < -0.4 is 0 Å². The van der Waals surface area contributed by atoms with Crippen LogP contribution in [0.25, 0.3) is 0 Å². The Labute approximate surface area is 105 Å². The van der Waals surface area contributed by atoms with Crippen LogP contribution in [-0.4, -0.2) is 23.8 Å². The molecular weight excluding hydrogens is 239 g/mol. The van der Waals surface area contributed by atoms with Crippen molar-refractivity contribution >= 4 is 23.1 Å². The zero-order chi connectivity index (χ0) is 12.3. The number of halogens is 2. The molecule has 1 aromatic rings. The first-order valence-electron chi connectivity index (χ1n) is 5.59. The summed E-state index contributed by atoms with van der Waals surface area (Å²) in [5.41, 5.74) is 0.697. The van der Waals surface area contributed by atoms with Crippen molar-refractivity contribution in [2.75, 3.05) is 13.1 Å². The average molecular weight is 253 g/mol. The van der Waals surface area contributed by atoms with Gasteiger partial charge in [0.25, 0.3) is 0 Å². The SMILES string of the molecule is C=CCN1CCCC1=Nc1ccc(F)c(Cl)c1. The van der Waals surface area contributed by atoms with E-state index in [2.05, 4.69) is 16.5 Å². The van der Waals surface area contributed by atoms with E-state index >= 15 is 0 Å². The maximum absolute atomic E-state index is 13.0. The van der Waals surface area contributed by atoms with Crippen molar-refractivity contribution in [3.63, 3.8) is 0 Å². The molecule has 0 saturated carbocycles. The van der Waals surface area contributed by atoms with Crippen molar-refractivity contribution in [1.29, 1.82) is 0 Å². The molecule has 17 heavy (non-hydrogen) atoms. The molecule has 2 rings (SSSR count). The van der Waals surface area contributed by atoms with E-state index in [4.69, 9.17) is 11.6 Å². The minimum atomic E-state index is -0.412. The van der Waals surface area contributed by atoms with E-state index in [1.54, 1.807) is 12.1 Å². The highest BCUT2D eigenvalue weighted by Gasteiger charge is 2.17. The number of likely N-dealkylation sites (tertiary alicyclic amines) is 1. The summed E-state index contributed by atoms with van der Waals surface area (Å²) in [5.74, 6) is 0.609. The number of hydrogen-bond donors (Lipinski definition) is 0. The molecule has 1 aliphatic heterocycles. The van der Waals surface area contributed by atoms with Crippen molar-refractivity contribution in [2.24, 2.45) is 4.99 Å². The van der Waals surface area contributed by atoms with Crippen LogP contribution in [0.1, 0.15) is 12.8 Å². The third kappa shape index (κ3) is 2.86. The van der Waals surface area contributed by atoms with Crippen LogP contribution in [0, 0.1) is 5.82 Å². The molecular formula is C13H14ClFN2. The Hall–Kier alpha value is -1.35. The number of amidine groups is 1. The fourth-order valence-corrected chi connectivity index (χ4v) is 2.07. The number of aliphatic imine (C=N–C) groups is 1. The maximum Gasteiger partial charge on any atom is 0.141 e. The minimum absolute atomic E-state index is 0.111. The molecule has 1 aromatic carbocycles. The van der Waals surface area contributed by atoms with Gasteiger partial charge in [-0.25, -0.2) is 9.38 Å². The molecule has 4 heteroatoms. The molecule has 0 unspecified atom stereocenters. The normalized spacial score (nSPS) is 17.8. The van der Waals surface area contributed by atoms with E-state index in [0.717, 1.165) is 31.8 Å². The largest absolute Gasteiger partial charge is 0.356 e. The summed E-state index contributed by atoms with van der Waals surface area (Å²) in [6, 6.07) is 4.53. The third-order valence-electron chi connectivity index (χ3n) is 2.70. The van der Waals surface area contributed by atoms with Crippen molar-refractivity contribution in [3.05, 3.63) is 41.7 Å². The Kier molecular flexibility index (Phi) is 3.79. The Morgan fingerprint density at radius 3 is 3.06 bits per heavy atom. The molecule has 1 fully saturated rings. The van der Waals surface area contributed by atoms with Crippen LogP contribution in [-0.2, 0) is 0 Å². The van der Waals surface area contributed by atoms with Gasteiger partial charge in [0.2, 0.25) is 0 Å². The standard InChI is InChI=1S/C13H14ClFN2/c1-2-7-17-8-3-4-13(17)16-10-5-6-12(15)11(14)9-10/h2,5-6,9H,1,3-4,7-8H2. The fraction of sp³-hybridized carbons (Fsp3) is 0.308. The predicted molar refractivity (Wildman–Crippen MR) is 69.5 cm³/mol. The van der Waals surface area contributed by atoms with Crippen molar-refractivity contribution in [2.45, 2.75) is 12.8 Å². The fourth-order valence-electron chi connectivity index (χ4n) is 1.90. The predicted octanol–water partition coefficient (Wildman–Crippen LogP) is 3.79. The minimum Gasteiger partial charge on any atom is -0.356 e. The first-order valence-corrected chi connectivity index (χ1v) is 5.97. The zero-order valence-electron chi connectivity index (χ0n) is 9.50. The third-order valence-corrected chi connectivity index (χ3v) is 2.99. The molecule has 0 radical (unpaired) electrons. The van der Waals surface area contributed by atoms with Gasteiger partial charge >= 0.3 is 0 Å². The van der Waals surface area contributed by atoms with Crippen LogP contribution in [0.2, 0.25) is 5.02 Å². The topological polar surface area (TPSA) is 15.6 Å². The highest BCUT2D eigenvalue weighted by atomic mass is 35.5. The number of nitrogens with zero attached hydrogens (tertiary/aromatic N) is 2. The van der Waals surface area contributed by atoms with Crippen LogP contribution in [0.3, 0.4) is 0 Å². The van der Waals surface area contributed by atoms with Gasteiger partial charge in [-0.15, -0.1) is 6.58 Å². The van der Waals surface area contributed by atoms with Gasteiger partial charge in [-0.05, 0) is 24.6 Å². The van der Waals surface area contributed by atoms with E-state index in [0.29, 0.717) is 5.69 Å². The van der Waals surface area contributed by atoms with E-state index in [-0.39, 0.29) is 5.02 Å². The van der Waals surface area contributed by atoms with Gasteiger partial charge in [-0.3, -0.25) is 0 Å². The van der Waals surface area contributed by atoms with E-state index in [9.17, 15) is 4.39 Å². The molecule has 0 bridgehead atoms. The monoisotopic (exact) mass is 252 g/mol. The lowest BCUT2D eigenvalue weighted by Crippen LogP contribution is -2.24. The summed E-state index contributed by atoms with van der Waals surface area (Å²) >= 11 is 5.72. The van der Waals surface area contributed by atoms with E-state index in [1.165, 1.54) is 6.07 Å². The number of hydrogen-bond acceptors (Lipinski definition) is 1. The lowest BCUT2D eigenvalue weighted by molar-refractivity contribution is 0.502. The highest BCUT2D eigenvalue weighted by Crippen LogP contribution is 2.23. The molecule has 0 aromatic heterocycles. The van der Waals surface area contributed by atoms with Crippen LogP contribution >= 0.6 is 11.6 Å². The second-order valence-electron chi connectivity index (χ2n) is 3.96. The Bertz CT molecular complexity index is 457. The van der Waals surface area contributed by atoms with Crippen LogP contribution in [0.5, 0.6) is 0 Å². The van der Waals surface area contributed by atoms with Crippen LogP contribution in [0.15, 0.2) is 35.8 Å². The summed E-state index contributed by atoms with van der Waals surface area (Å²) in [6.45, 7) is 5.52. The molecule has 0 amide bonds.